The third kappa shape index (κ3) is 5.34. The maximum Gasteiger partial charge on any atom is 0.224 e. The molecule has 1 aliphatic rings. The quantitative estimate of drug-likeness (QED) is 0.821. The summed E-state index contributed by atoms with van der Waals surface area (Å²) in [6, 6.07) is 4.19. The van der Waals surface area contributed by atoms with Gasteiger partial charge in [0.15, 0.2) is 0 Å². The number of nitrogens with two attached hydrogens (primary N) is 1. The molecule has 1 aromatic rings. The molecular weight excluding hydrogens is 269 g/mol. The Hall–Kier alpha value is -1.62. The van der Waals surface area contributed by atoms with E-state index in [4.69, 9.17) is 5.73 Å². The predicted octanol–water partition coefficient (Wildman–Crippen LogP) is 3.00. The third-order valence-corrected chi connectivity index (χ3v) is 3.84. The molecule has 116 valence electrons. The van der Waals surface area contributed by atoms with Crippen molar-refractivity contribution < 1.29 is 9.18 Å². The molecule has 2 rings (SSSR count). The fourth-order valence-electron chi connectivity index (χ4n) is 2.67. The zero-order valence-electron chi connectivity index (χ0n) is 12.4. The Labute approximate surface area is 125 Å². The lowest BCUT2D eigenvalue weighted by atomic mass is 10.2. The lowest BCUT2D eigenvalue weighted by molar-refractivity contribution is -0.116. The van der Waals surface area contributed by atoms with E-state index >= 15 is 0 Å². The number of carbonyl (C=O) groups is 1. The van der Waals surface area contributed by atoms with Crippen LogP contribution in [0.25, 0.3) is 0 Å². The smallest absolute Gasteiger partial charge is 0.224 e. The number of hydrogen-bond acceptors (Lipinski definition) is 3. The van der Waals surface area contributed by atoms with Gasteiger partial charge in [0.05, 0.1) is 5.69 Å². The fraction of sp³-hybridized carbons (Fsp3) is 0.562. The van der Waals surface area contributed by atoms with E-state index in [0.717, 1.165) is 26.1 Å². The summed E-state index contributed by atoms with van der Waals surface area (Å²) in [6.45, 7) is 3.20. The van der Waals surface area contributed by atoms with Gasteiger partial charge < -0.3 is 16.0 Å². The molecule has 1 aromatic carbocycles. The molecule has 0 bridgehead atoms. The molecule has 1 saturated heterocycles. The van der Waals surface area contributed by atoms with Crippen molar-refractivity contribution in [1.29, 1.82) is 0 Å². The zero-order chi connectivity index (χ0) is 15.1. The molecule has 0 radical (unpaired) electrons. The zero-order valence-corrected chi connectivity index (χ0v) is 12.4. The molecule has 1 heterocycles. The topological polar surface area (TPSA) is 58.4 Å². The first-order chi connectivity index (χ1) is 10.1. The van der Waals surface area contributed by atoms with Gasteiger partial charge in [-0.25, -0.2) is 4.39 Å². The lowest BCUT2D eigenvalue weighted by Crippen LogP contribution is -2.26. The van der Waals surface area contributed by atoms with E-state index in [1.807, 2.05) is 0 Å². The van der Waals surface area contributed by atoms with Crippen LogP contribution in [0, 0.1) is 5.82 Å². The van der Waals surface area contributed by atoms with Crippen molar-refractivity contribution >= 4 is 17.3 Å². The highest BCUT2D eigenvalue weighted by molar-refractivity contribution is 5.91. The number of anilines is 2. The molecule has 0 spiro atoms. The minimum Gasteiger partial charge on any atom is -0.399 e. The summed E-state index contributed by atoms with van der Waals surface area (Å²) in [5, 5.41) is 2.59. The maximum absolute atomic E-state index is 13.5. The van der Waals surface area contributed by atoms with Gasteiger partial charge in [-0.1, -0.05) is 12.8 Å². The molecule has 0 unspecified atom stereocenters. The number of carbonyl (C=O) groups excluding carboxylic acids is 1. The monoisotopic (exact) mass is 293 g/mol. The second-order valence-corrected chi connectivity index (χ2v) is 5.65. The molecule has 4 nitrogen and oxygen atoms in total. The van der Waals surface area contributed by atoms with Gasteiger partial charge in [0.2, 0.25) is 5.91 Å². The van der Waals surface area contributed by atoms with Gasteiger partial charge in [0, 0.05) is 12.1 Å². The predicted molar refractivity (Wildman–Crippen MR) is 83.6 cm³/mol. The minimum atomic E-state index is -0.454. The van der Waals surface area contributed by atoms with Crippen molar-refractivity contribution in [3.8, 4) is 0 Å². The number of likely N-dealkylation sites (tertiary alicyclic amines) is 1. The molecule has 1 aliphatic heterocycles. The number of nitrogens with one attached hydrogen (secondary N) is 1. The minimum absolute atomic E-state index is 0.158. The first-order valence-electron chi connectivity index (χ1n) is 7.72. The summed E-state index contributed by atoms with van der Waals surface area (Å²) in [7, 11) is 0. The Balaban J connectivity index is 1.73. The second-order valence-electron chi connectivity index (χ2n) is 5.65. The molecule has 1 fully saturated rings. The van der Waals surface area contributed by atoms with Gasteiger partial charge in [-0.15, -0.1) is 0 Å². The standard InChI is InChI=1S/C16H24FN3O/c17-14-8-7-13(18)12-15(14)19-16(21)6-5-11-20-9-3-1-2-4-10-20/h7-8,12H,1-6,9-11,18H2,(H,19,21). The van der Waals surface area contributed by atoms with E-state index in [1.54, 1.807) is 0 Å². The first-order valence-corrected chi connectivity index (χ1v) is 7.72. The molecule has 5 heteroatoms. The van der Waals surface area contributed by atoms with Crippen molar-refractivity contribution in [3.63, 3.8) is 0 Å². The Bertz CT molecular complexity index is 471. The van der Waals surface area contributed by atoms with Crippen molar-refractivity contribution in [1.82, 2.24) is 4.90 Å². The van der Waals surface area contributed by atoms with Crippen LogP contribution in [0.5, 0.6) is 0 Å². The van der Waals surface area contributed by atoms with Crippen LogP contribution in [0.2, 0.25) is 0 Å². The SMILES string of the molecule is Nc1ccc(F)c(NC(=O)CCCN2CCCCCC2)c1. The highest BCUT2D eigenvalue weighted by Crippen LogP contribution is 2.18. The van der Waals surface area contributed by atoms with E-state index in [2.05, 4.69) is 10.2 Å². The number of halogens is 1. The number of amides is 1. The Morgan fingerprint density at radius 1 is 1.24 bits per heavy atom. The van der Waals surface area contributed by atoms with E-state index in [0.29, 0.717) is 12.1 Å². The lowest BCUT2D eigenvalue weighted by Gasteiger charge is -2.19. The highest BCUT2D eigenvalue weighted by Gasteiger charge is 2.11. The normalized spacial score (nSPS) is 16.4. The summed E-state index contributed by atoms with van der Waals surface area (Å²) in [5.41, 5.74) is 6.19. The number of nitrogen functional groups attached to an aromatic ring is 1. The van der Waals surface area contributed by atoms with E-state index < -0.39 is 5.82 Å². The van der Waals surface area contributed by atoms with E-state index in [9.17, 15) is 9.18 Å². The highest BCUT2D eigenvalue weighted by atomic mass is 19.1. The molecule has 3 N–H and O–H groups in total. The van der Waals surface area contributed by atoms with Crippen LogP contribution in [0.4, 0.5) is 15.8 Å². The summed E-state index contributed by atoms with van der Waals surface area (Å²) >= 11 is 0. The van der Waals surface area contributed by atoms with Gasteiger partial charge in [0.1, 0.15) is 5.82 Å². The number of benzene rings is 1. The summed E-state index contributed by atoms with van der Waals surface area (Å²) in [4.78, 5) is 14.3. The van der Waals surface area contributed by atoms with Crippen LogP contribution in [-0.4, -0.2) is 30.4 Å². The Morgan fingerprint density at radius 2 is 1.95 bits per heavy atom. The molecule has 0 saturated carbocycles. The average Bonchev–Trinajstić information content (AvgIpc) is 2.72. The van der Waals surface area contributed by atoms with Gasteiger partial charge >= 0.3 is 0 Å². The van der Waals surface area contributed by atoms with Crippen LogP contribution in [0.3, 0.4) is 0 Å². The van der Waals surface area contributed by atoms with Gasteiger partial charge in [-0.3, -0.25) is 4.79 Å². The Kier molecular flexibility index (Phi) is 5.99. The summed E-state index contributed by atoms with van der Waals surface area (Å²) in [6.07, 6.45) is 6.33. The van der Waals surface area contributed by atoms with Crippen molar-refractivity contribution in [2.45, 2.75) is 38.5 Å². The molecule has 21 heavy (non-hydrogen) atoms. The van der Waals surface area contributed by atoms with Crippen LogP contribution in [0.1, 0.15) is 38.5 Å². The molecule has 0 aromatic heterocycles. The third-order valence-electron chi connectivity index (χ3n) is 3.84. The number of nitrogens with zero attached hydrogens (tertiary/aromatic N) is 1. The van der Waals surface area contributed by atoms with Crippen LogP contribution >= 0.6 is 0 Å². The van der Waals surface area contributed by atoms with Crippen LogP contribution in [0.15, 0.2) is 18.2 Å². The van der Waals surface area contributed by atoms with Crippen molar-refractivity contribution in [3.05, 3.63) is 24.0 Å². The van der Waals surface area contributed by atoms with Gasteiger partial charge in [-0.05, 0) is 57.1 Å². The van der Waals surface area contributed by atoms with Crippen LogP contribution in [-0.2, 0) is 4.79 Å². The van der Waals surface area contributed by atoms with E-state index in [-0.39, 0.29) is 11.6 Å². The van der Waals surface area contributed by atoms with Crippen LogP contribution < -0.4 is 11.1 Å². The second kappa shape index (κ2) is 7.98. The van der Waals surface area contributed by atoms with Crippen molar-refractivity contribution in [2.75, 3.05) is 30.7 Å². The number of rotatable bonds is 5. The van der Waals surface area contributed by atoms with Gasteiger partial charge in [-0.2, -0.15) is 0 Å². The Morgan fingerprint density at radius 3 is 2.67 bits per heavy atom. The van der Waals surface area contributed by atoms with Gasteiger partial charge in [0.25, 0.3) is 0 Å². The molecule has 0 atom stereocenters. The maximum atomic E-state index is 13.5. The van der Waals surface area contributed by atoms with Crippen molar-refractivity contribution in [2.24, 2.45) is 0 Å². The average molecular weight is 293 g/mol. The molecule has 0 aliphatic carbocycles. The summed E-state index contributed by atoms with van der Waals surface area (Å²) in [5.74, 6) is -0.612. The first kappa shape index (κ1) is 15.8. The number of hydrogen-bond donors (Lipinski definition) is 2. The fourth-order valence-corrected chi connectivity index (χ4v) is 2.67. The van der Waals surface area contributed by atoms with E-state index in [1.165, 1.54) is 43.9 Å². The molecule has 1 amide bonds. The summed E-state index contributed by atoms with van der Waals surface area (Å²) < 4.78 is 13.5. The largest absolute Gasteiger partial charge is 0.399 e. The molecular formula is C16H24FN3O.